The highest BCUT2D eigenvalue weighted by molar-refractivity contribution is 4.97. The van der Waals surface area contributed by atoms with Gasteiger partial charge in [-0.1, -0.05) is 13.8 Å². The summed E-state index contributed by atoms with van der Waals surface area (Å²) in [5, 5.41) is 0. The quantitative estimate of drug-likeness (QED) is 0.749. The SMILES string of the molecule is CC1C2CC(CCC3(C)OCCO3)C(C2)C1C. The first-order chi connectivity index (χ1) is 8.09. The molecular formula is C15H26O2. The standard InChI is InChI=1S/C15H26O2/c1-10-11(2)14-9-13(10)8-12(14)4-5-15(3)16-6-7-17-15/h10-14H,4-9H2,1-3H3. The molecular weight excluding hydrogens is 212 g/mol. The Hall–Kier alpha value is -0.0800. The van der Waals surface area contributed by atoms with E-state index in [9.17, 15) is 0 Å². The molecule has 0 spiro atoms. The first-order valence-electron chi connectivity index (χ1n) is 7.37. The molecule has 1 saturated heterocycles. The molecule has 2 saturated carbocycles. The minimum Gasteiger partial charge on any atom is -0.348 e. The van der Waals surface area contributed by atoms with E-state index in [-0.39, 0.29) is 5.79 Å². The molecule has 17 heavy (non-hydrogen) atoms. The van der Waals surface area contributed by atoms with Gasteiger partial charge < -0.3 is 9.47 Å². The zero-order valence-electron chi connectivity index (χ0n) is 11.4. The number of ether oxygens (including phenoxy) is 2. The molecule has 0 aromatic rings. The maximum absolute atomic E-state index is 5.71. The maximum Gasteiger partial charge on any atom is 0.165 e. The Bertz CT molecular complexity index is 281. The Kier molecular flexibility index (Phi) is 2.99. The van der Waals surface area contributed by atoms with Gasteiger partial charge in [0, 0.05) is 6.42 Å². The summed E-state index contributed by atoms with van der Waals surface area (Å²) in [6.07, 6.45) is 5.34. The fourth-order valence-electron chi connectivity index (χ4n) is 4.58. The zero-order chi connectivity index (χ0) is 12.0. The Morgan fingerprint density at radius 3 is 2.35 bits per heavy atom. The lowest BCUT2D eigenvalue weighted by Crippen LogP contribution is -2.29. The number of hydrogen-bond acceptors (Lipinski definition) is 2. The van der Waals surface area contributed by atoms with Gasteiger partial charge in [-0.15, -0.1) is 0 Å². The molecule has 2 aliphatic carbocycles. The molecule has 5 atom stereocenters. The summed E-state index contributed by atoms with van der Waals surface area (Å²) in [5.41, 5.74) is 0. The first-order valence-corrected chi connectivity index (χ1v) is 7.37. The van der Waals surface area contributed by atoms with Crippen LogP contribution in [0.25, 0.3) is 0 Å². The fourth-order valence-corrected chi connectivity index (χ4v) is 4.58. The van der Waals surface area contributed by atoms with Gasteiger partial charge in [-0.3, -0.25) is 0 Å². The molecule has 2 heteroatoms. The monoisotopic (exact) mass is 238 g/mol. The molecule has 3 aliphatic rings. The minimum absolute atomic E-state index is 0.267. The van der Waals surface area contributed by atoms with Crippen molar-refractivity contribution in [1.29, 1.82) is 0 Å². The normalized spacial score (nSPS) is 47.8. The van der Waals surface area contributed by atoms with Gasteiger partial charge in [-0.25, -0.2) is 0 Å². The van der Waals surface area contributed by atoms with Crippen LogP contribution in [-0.2, 0) is 9.47 Å². The van der Waals surface area contributed by atoms with E-state index in [0.29, 0.717) is 0 Å². The highest BCUT2D eigenvalue weighted by Gasteiger charge is 2.48. The first kappa shape index (κ1) is 12.0. The maximum atomic E-state index is 5.71. The third-order valence-electron chi connectivity index (χ3n) is 5.90. The second-order valence-corrected chi connectivity index (χ2v) is 6.74. The molecule has 0 N–H and O–H groups in total. The molecule has 98 valence electrons. The van der Waals surface area contributed by atoms with E-state index in [1.54, 1.807) is 0 Å². The van der Waals surface area contributed by atoms with Crippen molar-refractivity contribution in [3.05, 3.63) is 0 Å². The van der Waals surface area contributed by atoms with Gasteiger partial charge in [0.1, 0.15) is 0 Å². The predicted molar refractivity (Wildman–Crippen MR) is 67.6 cm³/mol. The highest BCUT2D eigenvalue weighted by atomic mass is 16.7. The smallest absolute Gasteiger partial charge is 0.165 e. The van der Waals surface area contributed by atoms with Crippen molar-refractivity contribution in [1.82, 2.24) is 0 Å². The second kappa shape index (κ2) is 4.24. The molecule has 1 heterocycles. The molecule has 1 aliphatic heterocycles. The van der Waals surface area contributed by atoms with Crippen molar-refractivity contribution >= 4 is 0 Å². The van der Waals surface area contributed by atoms with Gasteiger partial charge in [0.05, 0.1) is 13.2 Å². The van der Waals surface area contributed by atoms with Gasteiger partial charge in [0.15, 0.2) is 5.79 Å². The van der Waals surface area contributed by atoms with Crippen LogP contribution in [0.4, 0.5) is 0 Å². The van der Waals surface area contributed by atoms with Crippen molar-refractivity contribution < 1.29 is 9.47 Å². The Morgan fingerprint density at radius 1 is 1.06 bits per heavy atom. The van der Waals surface area contributed by atoms with Crippen LogP contribution in [0.2, 0.25) is 0 Å². The van der Waals surface area contributed by atoms with Crippen molar-refractivity contribution in [2.24, 2.45) is 29.6 Å². The fraction of sp³-hybridized carbons (Fsp3) is 1.00. The summed E-state index contributed by atoms with van der Waals surface area (Å²) in [6.45, 7) is 8.59. The predicted octanol–water partition coefficient (Wildman–Crippen LogP) is 3.46. The molecule has 3 fully saturated rings. The highest BCUT2D eigenvalue weighted by Crippen LogP contribution is 2.56. The lowest BCUT2D eigenvalue weighted by molar-refractivity contribution is -0.150. The topological polar surface area (TPSA) is 18.5 Å². The van der Waals surface area contributed by atoms with E-state index < -0.39 is 0 Å². The van der Waals surface area contributed by atoms with Crippen LogP contribution in [0.5, 0.6) is 0 Å². The molecule has 0 amide bonds. The van der Waals surface area contributed by atoms with E-state index in [0.717, 1.165) is 49.2 Å². The van der Waals surface area contributed by atoms with Gasteiger partial charge in [0.2, 0.25) is 0 Å². The van der Waals surface area contributed by atoms with Crippen molar-refractivity contribution in [3.63, 3.8) is 0 Å². The third-order valence-corrected chi connectivity index (χ3v) is 5.90. The summed E-state index contributed by atoms with van der Waals surface area (Å²) >= 11 is 0. The molecule has 0 radical (unpaired) electrons. The average molecular weight is 238 g/mol. The van der Waals surface area contributed by atoms with Crippen LogP contribution in [0.15, 0.2) is 0 Å². The summed E-state index contributed by atoms with van der Waals surface area (Å²) < 4.78 is 11.4. The zero-order valence-corrected chi connectivity index (χ0v) is 11.4. The van der Waals surface area contributed by atoms with Gasteiger partial charge in [-0.2, -0.15) is 0 Å². The van der Waals surface area contributed by atoms with Crippen molar-refractivity contribution in [3.8, 4) is 0 Å². The number of fused-ring (bicyclic) bond motifs is 2. The Morgan fingerprint density at radius 2 is 1.76 bits per heavy atom. The van der Waals surface area contributed by atoms with E-state index >= 15 is 0 Å². The van der Waals surface area contributed by atoms with Crippen molar-refractivity contribution in [2.45, 2.75) is 52.2 Å². The molecule has 2 nitrogen and oxygen atoms in total. The van der Waals surface area contributed by atoms with Crippen LogP contribution in [0, 0.1) is 29.6 Å². The minimum atomic E-state index is -0.267. The summed E-state index contributed by atoms with van der Waals surface area (Å²) in [4.78, 5) is 0. The largest absolute Gasteiger partial charge is 0.348 e. The molecule has 5 unspecified atom stereocenters. The van der Waals surface area contributed by atoms with E-state index in [2.05, 4.69) is 20.8 Å². The van der Waals surface area contributed by atoms with Crippen LogP contribution < -0.4 is 0 Å². The number of hydrogen-bond donors (Lipinski definition) is 0. The van der Waals surface area contributed by atoms with Crippen molar-refractivity contribution in [2.75, 3.05) is 13.2 Å². The van der Waals surface area contributed by atoms with E-state index in [1.165, 1.54) is 19.3 Å². The molecule has 0 aromatic heterocycles. The molecule has 2 bridgehead atoms. The lowest BCUT2D eigenvalue weighted by atomic mass is 9.74. The Labute approximate surface area is 105 Å². The van der Waals surface area contributed by atoms with E-state index in [1.807, 2.05) is 0 Å². The van der Waals surface area contributed by atoms with Gasteiger partial charge in [-0.05, 0) is 55.8 Å². The van der Waals surface area contributed by atoms with Crippen LogP contribution in [-0.4, -0.2) is 19.0 Å². The second-order valence-electron chi connectivity index (χ2n) is 6.74. The van der Waals surface area contributed by atoms with E-state index in [4.69, 9.17) is 9.47 Å². The van der Waals surface area contributed by atoms with Crippen LogP contribution in [0.3, 0.4) is 0 Å². The van der Waals surface area contributed by atoms with Gasteiger partial charge in [0.25, 0.3) is 0 Å². The van der Waals surface area contributed by atoms with Crippen LogP contribution in [0.1, 0.15) is 46.5 Å². The molecule has 3 rings (SSSR count). The summed E-state index contributed by atoms with van der Waals surface area (Å²) in [7, 11) is 0. The average Bonchev–Trinajstić information content (AvgIpc) is 2.96. The summed E-state index contributed by atoms with van der Waals surface area (Å²) in [5.74, 6) is 4.58. The Balaban J connectivity index is 1.54. The van der Waals surface area contributed by atoms with Gasteiger partial charge >= 0.3 is 0 Å². The van der Waals surface area contributed by atoms with Crippen LogP contribution >= 0.6 is 0 Å². The number of rotatable bonds is 3. The lowest BCUT2D eigenvalue weighted by Gasteiger charge is -2.33. The molecule has 0 aromatic carbocycles. The third kappa shape index (κ3) is 2.04. The summed E-state index contributed by atoms with van der Waals surface area (Å²) in [6, 6.07) is 0.